The van der Waals surface area contributed by atoms with Crippen molar-refractivity contribution in [2.45, 2.75) is 38.6 Å². The predicted molar refractivity (Wildman–Crippen MR) is 77.9 cm³/mol. The number of methoxy groups -OCH3 is 2. The minimum atomic E-state index is 0.306. The van der Waals surface area contributed by atoms with E-state index in [1.807, 2.05) is 12.1 Å². The van der Waals surface area contributed by atoms with E-state index in [4.69, 9.17) is 9.47 Å². The SMILES string of the molecule is COc1ccc(C(C)NCCC2CCC2)c(OC)c1. The highest BCUT2D eigenvalue weighted by Crippen LogP contribution is 2.31. The molecule has 1 fully saturated rings. The number of nitrogens with one attached hydrogen (secondary N) is 1. The maximum atomic E-state index is 5.45. The Bertz CT molecular complexity index is 402. The van der Waals surface area contributed by atoms with E-state index in [1.165, 1.54) is 31.2 Å². The molecule has 0 aromatic heterocycles. The third-order valence-corrected chi connectivity index (χ3v) is 4.14. The number of benzene rings is 1. The fourth-order valence-electron chi connectivity index (χ4n) is 2.57. The first-order valence-corrected chi connectivity index (χ1v) is 7.20. The van der Waals surface area contributed by atoms with E-state index in [-0.39, 0.29) is 0 Å². The monoisotopic (exact) mass is 263 g/mol. The molecule has 1 N–H and O–H groups in total. The van der Waals surface area contributed by atoms with Crippen LogP contribution in [0.5, 0.6) is 11.5 Å². The maximum absolute atomic E-state index is 5.45. The molecule has 0 bridgehead atoms. The average Bonchev–Trinajstić information content (AvgIpc) is 2.40. The van der Waals surface area contributed by atoms with Gasteiger partial charge in [-0.25, -0.2) is 0 Å². The molecule has 3 nitrogen and oxygen atoms in total. The lowest BCUT2D eigenvalue weighted by atomic mass is 9.83. The zero-order chi connectivity index (χ0) is 13.7. The molecule has 0 saturated heterocycles. The normalized spacial score (nSPS) is 16.8. The van der Waals surface area contributed by atoms with Crippen molar-refractivity contribution < 1.29 is 9.47 Å². The Labute approximate surface area is 116 Å². The van der Waals surface area contributed by atoms with Gasteiger partial charge in [-0.2, -0.15) is 0 Å². The van der Waals surface area contributed by atoms with Crippen LogP contribution in [0.1, 0.15) is 44.2 Å². The Balaban J connectivity index is 1.91. The fraction of sp³-hybridized carbons (Fsp3) is 0.625. The molecule has 0 aliphatic heterocycles. The zero-order valence-electron chi connectivity index (χ0n) is 12.2. The highest BCUT2D eigenvalue weighted by atomic mass is 16.5. The summed E-state index contributed by atoms with van der Waals surface area (Å²) in [6.45, 7) is 3.27. The van der Waals surface area contributed by atoms with Crippen LogP contribution in [-0.4, -0.2) is 20.8 Å². The molecule has 0 amide bonds. The summed E-state index contributed by atoms with van der Waals surface area (Å²) in [5, 5.41) is 3.59. The highest BCUT2D eigenvalue weighted by molar-refractivity contribution is 5.42. The van der Waals surface area contributed by atoms with E-state index >= 15 is 0 Å². The number of ether oxygens (including phenoxy) is 2. The molecule has 0 radical (unpaired) electrons. The van der Waals surface area contributed by atoms with Crippen molar-refractivity contribution in [1.29, 1.82) is 0 Å². The molecule has 1 atom stereocenters. The molecule has 0 spiro atoms. The van der Waals surface area contributed by atoms with Crippen LogP contribution in [0.15, 0.2) is 18.2 Å². The molecular weight excluding hydrogens is 238 g/mol. The molecule has 1 aliphatic rings. The van der Waals surface area contributed by atoms with Gasteiger partial charge in [-0.05, 0) is 31.9 Å². The van der Waals surface area contributed by atoms with Crippen LogP contribution in [0.3, 0.4) is 0 Å². The lowest BCUT2D eigenvalue weighted by molar-refractivity contribution is 0.288. The molecule has 0 heterocycles. The molecule has 1 aromatic rings. The molecule has 19 heavy (non-hydrogen) atoms. The smallest absolute Gasteiger partial charge is 0.127 e. The van der Waals surface area contributed by atoms with E-state index < -0.39 is 0 Å². The van der Waals surface area contributed by atoms with Crippen LogP contribution in [-0.2, 0) is 0 Å². The van der Waals surface area contributed by atoms with Crippen LogP contribution in [0, 0.1) is 5.92 Å². The Morgan fingerprint density at radius 1 is 1.26 bits per heavy atom. The number of rotatable bonds is 7. The maximum Gasteiger partial charge on any atom is 0.127 e. The summed E-state index contributed by atoms with van der Waals surface area (Å²) in [4.78, 5) is 0. The van der Waals surface area contributed by atoms with Crippen molar-refractivity contribution in [2.75, 3.05) is 20.8 Å². The Hall–Kier alpha value is -1.22. The fourth-order valence-corrected chi connectivity index (χ4v) is 2.57. The Kier molecular flexibility index (Phi) is 5.08. The van der Waals surface area contributed by atoms with Gasteiger partial charge in [-0.15, -0.1) is 0 Å². The summed E-state index contributed by atoms with van der Waals surface area (Å²) in [6, 6.07) is 6.32. The van der Waals surface area contributed by atoms with Crippen LogP contribution in [0.2, 0.25) is 0 Å². The van der Waals surface area contributed by atoms with E-state index in [1.54, 1.807) is 14.2 Å². The zero-order valence-corrected chi connectivity index (χ0v) is 12.2. The van der Waals surface area contributed by atoms with E-state index in [9.17, 15) is 0 Å². The second-order valence-corrected chi connectivity index (χ2v) is 5.37. The quantitative estimate of drug-likeness (QED) is 0.816. The van der Waals surface area contributed by atoms with Crippen molar-refractivity contribution in [1.82, 2.24) is 5.32 Å². The lowest BCUT2D eigenvalue weighted by Crippen LogP contribution is -2.24. The molecule has 3 heteroatoms. The van der Waals surface area contributed by atoms with Gasteiger partial charge in [0.2, 0.25) is 0 Å². The summed E-state index contributed by atoms with van der Waals surface area (Å²) >= 11 is 0. The topological polar surface area (TPSA) is 30.5 Å². The lowest BCUT2D eigenvalue weighted by Gasteiger charge is -2.26. The largest absolute Gasteiger partial charge is 0.497 e. The van der Waals surface area contributed by atoms with Crippen molar-refractivity contribution in [3.8, 4) is 11.5 Å². The van der Waals surface area contributed by atoms with Gasteiger partial charge in [0, 0.05) is 17.7 Å². The van der Waals surface area contributed by atoms with Gasteiger partial charge >= 0.3 is 0 Å². The van der Waals surface area contributed by atoms with E-state index in [0.29, 0.717) is 6.04 Å². The Morgan fingerprint density at radius 2 is 2.05 bits per heavy atom. The molecule has 2 rings (SSSR count). The van der Waals surface area contributed by atoms with Crippen LogP contribution < -0.4 is 14.8 Å². The molecule has 1 unspecified atom stereocenters. The van der Waals surface area contributed by atoms with Gasteiger partial charge in [-0.3, -0.25) is 0 Å². The van der Waals surface area contributed by atoms with Gasteiger partial charge < -0.3 is 14.8 Å². The predicted octanol–water partition coefficient (Wildman–Crippen LogP) is 3.54. The summed E-state index contributed by atoms with van der Waals surface area (Å²) < 4.78 is 10.7. The van der Waals surface area contributed by atoms with Crippen molar-refractivity contribution in [2.24, 2.45) is 5.92 Å². The van der Waals surface area contributed by atoms with E-state index in [2.05, 4.69) is 18.3 Å². The summed E-state index contributed by atoms with van der Waals surface area (Å²) in [7, 11) is 3.38. The van der Waals surface area contributed by atoms with Crippen LogP contribution in [0.25, 0.3) is 0 Å². The average molecular weight is 263 g/mol. The van der Waals surface area contributed by atoms with Crippen molar-refractivity contribution in [3.05, 3.63) is 23.8 Å². The van der Waals surface area contributed by atoms with Crippen LogP contribution in [0.4, 0.5) is 0 Å². The van der Waals surface area contributed by atoms with Gasteiger partial charge in [-0.1, -0.05) is 25.3 Å². The second-order valence-electron chi connectivity index (χ2n) is 5.37. The third-order valence-electron chi connectivity index (χ3n) is 4.14. The first kappa shape index (κ1) is 14.2. The molecule has 106 valence electrons. The Morgan fingerprint density at radius 3 is 2.63 bits per heavy atom. The minimum absolute atomic E-state index is 0.306. The van der Waals surface area contributed by atoms with Crippen LogP contribution >= 0.6 is 0 Å². The number of hydrogen-bond acceptors (Lipinski definition) is 3. The summed E-state index contributed by atoms with van der Waals surface area (Å²) in [5.41, 5.74) is 1.19. The highest BCUT2D eigenvalue weighted by Gasteiger charge is 2.17. The standard InChI is InChI=1S/C16H25NO2/c1-12(17-10-9-13-5-4-6-13)15-8-7-14(18-2)11-16(15)19-3/h7-8,11-13,17H,4-6,9-10H2,1-3H3. The van der Waals surface area contributed by atoms with Crippen molar-refractivity contribution >= 4 is 0 Å². The van der Waals surface area contributed by atoms with E-state index in [0.717, 1.165) is 24.0 Å². The van der Waals surface area contributed by atoms with Gasteiger partial charge in [0.15, 0.2) is 0 Å². The first-order chi connectivity index (χ1) is 9.24. The first-order valence-electron chi connectivity index (χ1n) is 7.20. The molecule has 1 aliphatic carbocycles. The third kappa shape index (κ3) is 3.63. The number of hydrogen-bond donors (Lipinski definition) is 1. The summed E-state index contributed by atoms with van der Waals surface area (Å²) in [6.07, 6.45) is 5.55. The van der Waals surface area contributed by atoms with Gasteiger partial charge in [0.05, 0.1) is 14.2 Å². The minimum Gasteiger partial charge on any atom is -0.497 e. The molecule has 1 saturated carbocycles. The molecule has 1 aromatic carbocycles. The van der Waals surface area contributed by atoms with Gasteiger partial charge in [0.1, 0.15) is 11.5 Å². The summed E-state index contributed by atoms with van der Waals surface area (Å²) in [5.74, 6) is 2.68. The van der Waals surface area contributed by atoms with Gasteiger partial charge in [0.25, 0.3) is 0 Å². The van der Waals surface area contributed by atoms with Crippen molar-refractivity contribution in [3.63, 3.8) is 0 Å². The second kappa shape index (κ2) is 6.80. The molecular formula is C16H25NO2.